The smallest absolute Gasteiger partial charge is 0.225 e. The van der Waals surface area contributed by atoms with Gasteiger partial charge in [-0.2, -0.15) is 0 Å². The summed E-state index contributed by atoms with van der Waals surface area (Å²) >= 11 is 0. The Labute approximate surface area is 125 Å². The molecule has 1 N–H and O–H groups in total. The molecular formula is C16H21N5. The molecule has 0 bridgehead atoms. The molecule has 0 amide bonds. The zero-order chi connectivity index (χ0) is 14.5. The van der Waals surface area contributed by atoms with E-state index < -0.39 is 0 Å². The summed E-state index contributed by atoms with van der Waals surface area (Å²) < 4.78 is 0. The van der Waals surface area contributed by atoms with Crippen LogP contribution in [0.25, 0.3) is 0 Å². The molecular weight excluding hydrogens is 262 g/mol. The number of rotatable bonds is 4. The Balaban J connectivity index is 1.59. The summed E-state index contributed by atoms with van der Waals surface area (Å²) in [6, 6.07) is 8.76. The quantitative estimate of drug-likeness (QED) is 0.935. The second-order valence-electron chi connectivity index (χ2n) is 5.68. The summed E-state index contributed by atoms with van der Waals surface area (Å²) in [7, 11) is 0. The highest BCUT2D eigenvalue weighted by atomic mass is 15.1. The second kappa shape index (κ2) is 6.52. The van der Waals surface area contributed by atoms with Crippen molar-refractivity contribution in [1.29, 1.82) is 0 Å². The lowest BCUT2D eigenvalue weighted by atomic mass is 9.99. The normalized spacial score (nSPS) is 18.5. The molecule has 0 aliphatic carbocycles. The maximum Gasteiger partial charge on any atom is 0.225 e. The molecule has 110 valence electrons. The first-order valence-electron chi connectivity index (χ1n) is 7.51. The lowest BCUT2D eigenvalue weighted by molar-refractivity contribution is 0.447. The van der Waals surface area contributed by atoms with Gasteiger partial charge < -0.3 is 10.2 Å². The van der Waals surface area contributed by atoms with Gasteiger partial charge in [0.15, 0.2) is 0 Å². The maximum absolute atomic E-state index is 4.05. The zero-order valence-electron chi connectivity index (χ0n) is 12.4. The van der Waals surface area contributed by atoms with Crippen LogP contribution in [0.2, 0.25) is 0 Å². The molecule has 0 saturated carbocycles. The van der Waals surface area contributed by atoms with Crippen molar-refractivity contribution in [3.63, 3.8) is 0 Å². The molecule has 1 aliphatic heterocycles. The van der Waals surface area contributed by atoms with Crippen LogP contribution in [0.1, 0.15) is 25.3 Å². The minimum Gasteiger partial charge on any atom is -0.371 e. The molecule has 2 heterocycles. The van der Waals surface area contributed by atoms with Crippen LogP contribution < -0.4 is 10.2 Å². The number of hydrogen-bond donors (Lipinski definition) is 1. The number of benzene rings is 1. The molecule has 0 spiro atoms. The van der Waals surface area contributed by atoms with Crippen LogP contribution in [0.3, 0.4) is 0 Å². The summed E-state index contributed by atoms with van der Waals surface area (Å²) in [5.41, 5.74) is 2.55. The SMILES string of the molecule is CC1CCCN(c2ccc(CNc3ncncn3)cc2)C1. The molecule has 5 nitrogen and oxygen atoms in total. The summed E-state index contributed by atoms with van der Waals surface area (Å²) in [5.74, 6) is 1.41. The van der Waals surface area contributed by atoms with Gasteiger partial charge in [-0.25, -0.2) is 15.0 Å². The number of nitrogens with zero attached hydrogens (tertiary/aromatic N) is 4. The number of nitrogens with one attached hydrogen (secondary N) is 1. The molecule has 1 aromatic heterocycles. The van der Waals surface area contributed by atoms with Crippen molar-refractivity contribution in [3.05, 3.63) is 42.5 Å². The zero-order valence-corrected chi connectivity index (χ0v) is 12.4. The first kappa shape index (κ1) is 13.8. The van der Waals surface area contributed by atoms with Crippen LogP contribution in [0.5, 0.6) is 0 Å². The van der Waals surface area contributed by atoms with Crippen molar-refractivity contribution >= 4 is 11.6 Å². The molecule has 1 atom stereocenters. The molecule has 1 fully saturated rings. The van der Waals surface area contributed by atoms with Gasteiger partial charge in [0.25, 0.3) is 0 Å². The topological polar surface area (TPSA) is 53.9 Å². The van der Waals surface area contributed by atoms with E-state index in [-0.39, 0.29) is 0 Å². The summed E-state index contributed by atoms with van der Waals surface area (Å²) in [6.07, 6.45) is 5.64. The van der Waals surface area contributed by atoms with Crippen LogP contribution in [-0.4, -0.2) is 28.0 Å². The van der Waals surface area contributed by atoms with Crippen molar-refractivity contribution in [2.45, 2.75) is 26.3 Å². The van der Waals surface area contributed by atoms with Gasteiger partial charge in [-0.05, 0) is 36.5 Å². The highest BCUT2D eigenvalue weighted by molar-refractivity contribution is 5.48. The number of piperidine rings is 1. The Morgan fingerprint density at radius 3 is 2.67 bits per heavy atom. The fourth-order valence-corrected chi connectivity index (χ4v) is 2.76. The summed E-state index contributed by atoms with van der Waals surface area (Å²) in [5, 5.41) is 3.19. The van der Waals surface area contributed by atoms with E-state index in [0.29, 0.717) is 5.95 Å². The minimum absolute atomic E-state index is 0.610. The van der Waals surface area contributed by atoms with Gasteiger partial charge in [0.2, 0.25) is 5.95 Å². The third kappa shape index (κ3) is 3.68. The molecule has 0 radical (unpaired) electrons. The third-order valence-electron chi connectivity index (χ3n) is 3.90. The number of aromatic nitrogens is 3. The van der Waals surface area contributed by atoms with E-state index in [1.54, 1.807) is 0 Å². The predicted molar refractivity (Wildman–Crippen MR) is 84.2 cm³/mol. The summed E-state index contributed by atoms with van der Waals surface area (Å²) in [4.78, 5) is 14.4. The van der Waals surface area contributed by atoms with Crippen LogP contribution in [0, 0.1) is 5.92 Å². The maximum atomic E-state index is 4.05. The van der Waals surface area contributed by atoms with Gasteiger partial charge in [-0.1, -0.05) is 19.1 Å². The molecule has 2 aromatic rings. The summed E-state index contributed by atoms with van der Waals surface area (Å²) in [6.45, 7) is 5.40. The van der Waals surface area contributed by atoms with E-state index in [4.69, 9.17) is 0 Å². The van der Waals surface area contributed by atoms with Crippen molar-refractivity contribution in [2.24, 2.45) is 5.92 Å². The second-order valence-corrected chi connectivity index (χ2v) is 5.68. The van der Waals surface area contributed by atoms with Gasteiger partial charge in [-0.15, -0.1) is 0 Å². The van der Waals surface area contributed by atoms with Gasteiger partial charge in [0.1, 0.15) is 12.7 Å². The average molecular weight is 283 g/mol. The Kier molecular flexibility index (Phi) is 4.28. The number of anilines is 2. The minimum atomic E-state index is 0.610. The van der Waals surface area contributed by atoms with Gasteiger partial charge in [0, 0.05) is 25.3 Å². The fourth-order valence-electron chi connectivity index (χ4n) is 2.76. The van der Waals surface area contributed by atoms with Crippen LogP contribution in [-0.2, 0) is 6.54 Å². The average Bonchev–Trinajstić information content (AvgIpc) is 2.54. The van der Waals surface area contributed by atoms with Crippen molar-refractivity contribution in [1.82, 2.24) is 15.0 Å². The fraction of sp³-hybridized carbons (Fsp3) is 0.438. The van der Waals surface area contributed by atoms with Crippen molar-refractivity contribution in [3.8, 4) is 0 Å². The van der Waals surface area contributed by atoms with Crippen LogP contribution >= 0.6 is 0 Å². The highest BCUT2D eigenvalue weighted by Gasteiger charge is 2.16. The highest BCUT2D eigenvalue weighted by Crippen LogP contribution is 2.23. The number of hydrogen-bond acceptors (Lipinski definition) is 5. The molecule has 1 saturated heterocycles. The Hall–Kier alpha value is -2.17. The Morgan fingerprint density at radius 1 is 1.19 bits per heavy atom. The van der Waals surface area contributed by atoms with Gasteiger partial charge in [-0.3, -0.25) is 0 Å². The van der Waals surface area contributed by atoms with E-state index in [2.05, 4.69) is 56.4 Å². The monoisotopic (exact) mass is 283 g/mol. The van der Waals surface area contributed by atoms with E-state index in [1.165, 1.54) is 49.8 Å². The van der Waals surface area contributed by atoms with Crippen molar-refractivity contribution < 1.29 is 0 Å². The first-order valence-corrected chi connectivity index (χ1v) is 7.51. The van der Waals surface area contributed by atoms with Crippen LogP contribution in [0.4, 0.5) is 11.6 Å². The molecule has 1 aliphatic rings. The lowest BCUT2D eigenvalue weighted by Gasteiger charge is -2.32. The lowest BCUT2D eigenvalue weighted by Crippen LogP contribution is -2.34. The van der Waals surface area contributed by atoms with Gasteiger partial charge >= 0.3 is 0 Å². The molecule has 1 unspecified atom stereocenters. The first-order chi connectivity index (χ1) is 10.3. The molecule has 1 aromatic carbocycles. The largest absolute Gasteiger partial charge is 0.371 e. The van der Waals surface area contributed by atoms with E-state index in [9.17, 15) is 0 Å². The Bertz CT molecular complexity index is 555. The van der Waals surface area contributed by atoms with Crippen molar-refractivity contribution in [2.75, 3.05) is 23.3 Å². The van der Waals surface area contributed by atoms with Gasteiger partial charge in [0.05, 0.1) is 0 Å². The third-order valence-corrected chi connectivity index (χ3v) is 3.90. The van der Waals surface area contributed by atoms with E-state index in [0.717, 1.165) is 12.5 Å². The molecule has 5 heteroatoms. The van der Waals surface area contributed by atoms with E-state index in [1.807, 2.05) is 0 Å². The Morgan fingerprint density at radius 2 is 1.95 bits per heavy atom. The van der Waals surface area contributed by atoms with E-state index >= 15 is 0 Å². The molecule has 21 heavy (non-hydrogen) atoms. The molecule has 3 rings (SSSR count). The van der Waals surface area contributed by atoms with Crippen LogP contribution in [0.15, 0.2) is 36.9 Å². The predicted octanol–water partition coefficient (Wildman–Crippen LogP) is 2.72. The standard InChI is InChI=1S/C16H21N5/c1-13-3-2-8-21(10-13)15-6-4-14(5-7-15)9-18-16-19-11-17-12-20-16/h4-7,11-13H,2-3,8-10H2,1H3,(H,17,18,19,20).